The highest BCUT2D eigenvalue weighted by molar-refractivity contribution is 6.82. The highest BCUT2D eigenvalue weighted by Gasteiger charge is 2.22. The molecule has 0 aliphatic rings. The van der Waals surface area contributed by atoms with Crippen LogP contribution in [0.4, 0.5) is 4.79 Å². The molecule has 0 spiro atoms. The molecule has 5 nitrogen and oxygen atoms in total. The highest BCUT2D eigenvalue weighted by atomic mass is 35.5. The lowest BCUT2D eigenvalue weighted by atomic mass is 9.70. The maximum Gasteiger partial charge on any atom is 0.299 e. The van der Waals surface area contributed by atoms with Crippen LogP contribution in [0.1, 0.15) is 17.2 Å². The maximum absolute atomic E-state index is 12.4. The number of hydrogen-bond acceptors (Lipinski definition) is 5. The van der Waals surface area contributed by atoms with Crippen LogP contribution in [0.2, 0.25) is 10.0 Å². The van der Waals surface area contributed by atoms with E-state index < -0.39 is 12.0 Å². The first kappa shape index (κ1) is 20.0. The van der Waals surface area contributed by atoms with E-state index in [9.17, 15) is 15.0 Å². The number of aromatic nitrogens is 1. The van der Waals surface area contributed by atoms with Crippen molar-refractivity contribution in [2.75, 3.05) is 0 Å². The summed E-state index contributed by atoms with van der Waals surface area (Å²) in [5, 5.41) is 20.1. The molecule has 0 aliphatic carbocycles. The molecular weight excluding hydrogens is 400 g/mol. The smallest absolute Gasteiger partial charge is 0.299 e. The van der Waals surface area contributed by atoms with Crippen molar-refractivity contribution in [3.8, 4) is 11.5 Å². The predicted molar refractivity (Wildman–Crippen MR) is 109 cm³/mol. The maximum atomic E-state index is 12.4. The molecule has 0 aliphatic heterocycles. The Hall–Kier alpha value is -2.70. The number of ether oxygens (including phenoxy) is 1. The average molecular weight is 415 g/mol. The number of phenols is 2. The zero-order valence-electron chi connectivity index (χ0n) is 14.5. The van der Waals surface area contributed by atoms with Crippen molar-refractivity contribution in [1.29, 1.82) is 0 Å². The number of phenolic OH excluding ortho intramolecular Hbond substituents is 2. The van der Waals surface area contributed by atoms with Crippen LogP contribution in [0.25, 0.3) is 0 Å². The van der Waals surface area contributed by atoms with Crippen molar-refractivity contribution in [3.63, 3.8) is 0 Å². The van der Waals surface area contributed by atoms with Gasteiger partial charge in [0.1, 0.15) is 6.10 Å². The number of pyridine rings is 1. The van der Waals surface area contributed by atoms with E-state index >= 15 is 0 Å². The van der Waals surface area contributed by atoms with Crippen molar-refractivity contribution in [1.82, 2.24) is 4.98 Å². The van der Waals surface area contributed by atoms with Gasteiger partial charge in [-0.25, -0.2) is 0 Å². The van der Waals surface area contributed by atoms with Crippen molar-refractivity contribution in [3.05, 3.63) is 82.1 Å². The quantitative estimate of drug-likeness (QED) is 0.465. The molecule has 141 valence electrons. The van der Waals surface area contributed by atoms with Gasteiger partial charge in [-0.05, 0) is 23.3 Å². The van der Waals surface area contributed by atoms with Crippen molar-refractivity contribution in [2.24, 2.45) is 0 Å². The van der Waals surface area contributed by atoms with Crippen LogP contribution in [0, 0.1) is 0 Å². The summed E-state index contributed by atoms with van der Waals surface area (Å²) in [4.78, 5) is 16.4. The summed E-state index contributed by atoms with van der Waals surface area (Å²) >= 11 is 12.4. The van der Waals surface area contributed by atoms with Gasteiger partial charge in [-0.15, -0.1) is 0 Å². The summed E-state index contributed by atoms with van der Waals surface area (Å²) in [5.74, 6) is -1.16. The Morgan fingerprint density at radius 3 is 2.36 bits per heavy atom. The lowest BCUT2D eigenvalue weighted by Gasteiger charge is -2.20. The van der Waals surface area contributed by atoms with Crippen LogP contribution in [-0.2, 0) is 11.2 Å². The van der Waals surface area contributed by atoms with E-state index in [1.165, 1.54) is 31.8 Å². The third-order valence-electron chi connectivity index (χ3n) is 4.06. The van der Waals surface area contributed by atoms with Gasteiger partial charge in [0.2, 0.25) is 0 Å². The molecule has 0 bridgehead atoms. The fourth-order valence-electron chi connectivity index (χ4n) is 2.65. The lowest BCUT2D eigenvalue weighted by molar-refractivity contribution is 0.121. The average Bonchev–Trinajstić information content (AvgIpc) is 2.67. The number of rotatable bonds is 6. The summed E-state index contributed by atoms with van der Waals surface area (Å²) in [6.45, 7) is 0. The minimum Gasteiger partial charge on any atom is -0.504 e. The Bertz CT molecular complexity index is 965. The summed E-state index contributed by atoms with van der Waals surface area (Å²) in [7, 11) is 1.36. The molecule has 2 aromatic carbocycles. The molecule has 1 heterocycles. The fraction of sp³-hybridized carbons (Fsp3) is 0.100. The Morgan fingerprint density at radius 2 is 1.71 bits per heavy atom. The second-order valence-corrected chi connectivity index (χ2v) is 6.83. The summed E-state index contributed by atoms with van der Waals surface area (Å²) in [5.41, 5.74) is 1.73. The molecular formula is C20H15BCl2NO4. The Kier molecular flexibility index (Phi) is 6.44. The molecule has 1 unspecified atom stereocenters. The van der Waals surface area contributed by atoms with E-state index in [1.807, 2.05) is 18.2 Å². The molecule has 28 heavy (non-hydrogen) atoms. The third-order valence-corrected chi connectivity index (χ3v) is 4.71. The van der Waals surface area contributed by atoms with Crippen LogP contribution in [0.15, 0.2) is 60.9 Å². The number of carbonyl (C=O) groups is 1. The molecule has 8 heteroatoms. The van der Waals surface area contributed by atoms with E-state index in [2.05, 4.69) is 4.98 Å². The first-order valence-corrected chi connectivity index (χ1v) is 9.10. The van der Waals surface area contributed by atoms with Crippen molar-refractivity contribution >= 4 is 41.8 Å². The molecule has 0 fully saturated rings. The molecule has 1 radical (unpaired) electrons. The molecule has 1 aromatic heterocycles. The molecule has 0 saturated carbocycles. The van der Waals surface area contributed by atoms with Gasteiger partial charge in [-0.2, -0.15) is 0 Å². The van der Waals surface area contributed by atoms with Crippen LogP contribution < -0.4 is 5.46 Å². The minimum atomic E-state index is -0.795. The third kappa shape index (κ3) is 4.97. The van der Waals surface area contributed by atoms with Gasteiger partial charge in [0.15, 0.2) is 11.5 Å². The Balaban J connectivity index is 1.87. The van der Waals surface area contributed by atoms with E-state index in [-0.39, 0.29) is 17.9 Å². The normalized spacial score (nSPS) is 11.6. The van der Waals surface area contributed by atoms with Gasteiger partial charge in [-0.1, -0.05) is 65.1 Å². The monoisotopic (exact) mass is 414 g/mol. The summed E-state index contributed by atoms with van der Waals surface area (Å²) in [6, 6.07) is 13.2. The highest BCUT2D eigenvalue weighted by Crippen LogP contribution is 2.34. The van der Waals surface area contributed by atoms with E-state index in [4.69, 9.17) is 27.9 Å². The number of carbonyl (C=O) groups excluding carboxylic acids is 1. The molecule has 3 rings (SSSR count). The van der Waals surface area contributed by atoms with Crippen LogP contribution in [-0.4, -0.2) is 28.3 Å². The topological polar surface area (TPSA) is 79.7 Å². The second kappa shape index (κ2) is 9.00. The number of benzene rings is 2. The molecule has 2 N–H and O–H groups in total. The number of halogens is 2. The van der Waals surface area contributed by atoms with Crippen molar-refractivity contribution in [2.45, 2.75) is 12.5 Å². The zero-order chi connectivity index (χ0) is 20.1. The first-order chi connectivity index (χ1) is 13.4. The minimum absolute atomic E-state index is 0.165. The molecule has 3 aromatic rings. The fourth-order valence-corrected chi connectivity index (χ4v) is 3.17. The molecule has 0 amide bonds. The van der Waals surface area contributed by atoms with Gasteiger partial charge in [0, 0.05) is 18.8 Å². The number of aromatic hydroxyl groups is 2. The zero-order valence-corrected chi connectivity index (χ0v) is 16.1. The van der Waals surface area contributed by atoms with E-state index in [0.717, 1.165) is 0 Å². The lowest BCUT2D eigenvalue weighted by Crippen LogP contribution is -2.26. The van der Waals surface area contributed by atoms with Gasteiger partial charge < -0.3 is 14.9 Å². The second-order valence-electron chi connectivity index (χ2n) is 6.01. The van der Waals surface area contributed by atoms with Gasteiger partial charge in [-0.3, -0.25) is 9.78 Å². The van der Waals surface area contributed by atoms with Crippen molar-refractivity contribution < 1.29 is 19.7 Å². The first-order valence-electron chi connectivity index (χ1n) is 8.34. The van der Waals surface area contributed by atoms with Gasteiger partial charge >= 0.3 is 0 Å². The van der Waals surface area contributed by atoms with E-state index in [0.29, 0.717) is 26.6 Å². The standard InChI is InChI=1S/C20H15BCl2NO4/c22-15-10-24-11-16(23)14(15)9-19(12-6-7-17(25)18(26)8-12)28-20(27)21-13-4-2-1-3-5-13/h1-8,10-11,19,25-26H,9H2. The number of hydrogen-bond donors (Lipinski definition) is 2. The molecule has 0 saturated heterocycles. The summed E-state index contributed by atoms with van der Waals surface area (Å²) < 4.78 is 5.62. The largest absolute Gasteiger partial charge is 0.504 e. The van der Waals surface area contributed by atoms with Gasteiger partial charge in [0.05, 0.1) is 10.0 Å². The summed E-state index contributed by atoms with van der Waals surface area (Å²) in [6.07, 6.45) is 2.27. The Morgan fingerprint density at radius 1 is 1.04 bits per heavy atom. The Labute approximate surface area is 172 Å². The predicted octanol–water partition coefficient (Wildman–Crippen LogP) is 4.25. The van der Waals surface area contributed by atoms with Crippen LogP contribution in [0.5, 0.6) is 11.5 Å². The van der Waals surface area contributed by atoms with E-state index in [1.54, 1.807) is 18.2 Å². The van der Waals surface area contributed by atoms with Crippen LogP contribution >= 0.6 is 23.2 Å². The molecule has 1 atom stereocenters. The van der Waals surface area contributed by atoms with Gasteiger partial charge in [0.25, 0.3) is 13.1 Å². The SMILES string of the molecule is O=C([B]c1ccccc1)OC(Cc1c(Cl)cncc1Cl)c1ccc(O)c(O)c1. The van der Waals surface area contributed by atoms with Crippen LogP contribution in [0.3, 0.4) is 0 Å². The number of nitrogens with zero attached hydrogens (tertiary/aromatic N) is 1.